The van der Waals surface area contributed by atoms with Gasteiger partial charge in [-0.25, -0.2) is 4.79 Å². The van der Waals surface area contributed by atoms with Gasteiger partial charge in [0, 0.05) is 11.3 Å². The Morgan fingerprint density at radius 1 is 0.708 bits per heavy atom. The lowest BCUT2D eigenvalue weighted by Gasteiger charge is -2.12. The van der Waals surface area contributed by atoms with Crippen LogP contribution in [0.25, 0.3) is 11.1 Å². The normalized spacial score (nSPS) is 10.2. The summed E-state index contributed by atoms with van der Waals surface area (Å²) in [4.78, 5) is 23.8. The molecular formula is C20H15NO3. The molecule has 0 aliphatic rings. The Morgan fingerprint density at radius 2 is 1.29 bits per heavy atom. The molecule has 0 fully saturated rings. The number of hydrogen-bond acceptors (Lipinski definition) is 2. The van der Waals surface area contributed by atoms with Gasteiger partial charge in [-0.1, -0.05) is 60.7 Å². The van der Waals surface area contributed by atoms with Crippen LogP contribution >= 0.6 is 0 Å². The van der Waals surface area contributed by atoms with Gasteiger partial charge in [-0.05, 0) is 23.8 Å². The maximum Gasteiger partial charge on any atom is 0.336 e. The SMILES string of the molecule is O=C(O)c1ccccc1C(=O)Nc1ccccc1-c1ccccc1. The lowest BCUT2D eigenvalue weighted by molar-refractivity contribution is 0.0692. The fourth-order valence-electron chi connectivity index (χ4n) is 2.52. The molecule has 2 N–H and O–H groups in total. The smallest absolute Gasteiger partial charge is 0.336 e. The predicted molar refractivity (Wildman–Crippen MR) is 93.2 cm³/mol. The van der Waals surface area contributed by atoms with Crippen LogP contribution in [-0.4, -0.2) is 17.0 Å². The number of para-hydroxylation sites is 1. The second kappa shape index (κ2) is 6.79. The van der Waals surface area contributed by atoms with Gasteiger partial charge < -0.3 is 10.4 Å². The van der Waals surface area contributed by atoms with E-state index in [1.54, 1.807) is 18.2 Å². The van der Waals surface area contributed by atoms with Crippen LogP contribution < -0.4 is 5.32 Å². The average molecular weight is 317 g/mol. The van der Waals surface area contributed by atoms with Crippen LogP contribution in [0.2, 0.25) is 0 Å². The molecule has 3 rings (SSSR count). The number of anilines is 1. The van der Waals surface area contributed by atoms with Gasteiger partial charge in [-0.3, -0.25) is 4.79 Å². The van der Waals surface area contributed by atoms with Crippen molar-refractivity contribution in [2.75, 3.05) is 5.32 Å². The highest BCUT2D eigenvalue weighted by molar-refractivity contribution is 6.11. The van der Waals surface area contributed by atoms with Crippen LogP contribution in [0.3, 0.4) is 0 Å². The Balaban J connectivity index is 1.96. The molecule has 0 saturated carbocycles. The summed E-state index contributed by atoms with van der Waals surface area (Å²) in [5.41, 5.74) is 2.59. The van der Waals surface area contributed by atoms with E-state index in [1.807, 2.05) is 48.5 Å². The van der Waals surface area contributed by atoms with Gasteiger partial charge in [-0.15, -0.1) is 0 Å². The third-order valence-electron chi connectivity index (χ3n) is 3.66. The topological polar surface area (TPSA) is 66.4 Å². The van der Waals surface area contributed by atoms with Crippen LogP contribution in [0.5, 0.6) is 0 Å². The monoisotopic (exact) mass is 317 g/mol. The van der Waals surface area contributed by atoms with E-state index in [2.05, 4.69) is 5.32 Å². The van der Waals surface area contributed by atoms with Crippen molar-refractivity contribution in [1.82, 2.24) is 0 Å². The van der Waals surface area contributed by atoms with Gasteiger partial charge in [0.1, 0.15) is 0 Å². The van der Waals surface area contributed by atoms with E-state index in [0.29, 0.717) is 5.69 Å². The van der Waals surface area contributed by atoms with Gasteiger partial charge in [0.25, 0.3) is 5.91 Å². The van der Waals surface area contributed by atoms with Gasteiger partial charge in [0.15, 0.2) is 0 Å². The highest BCUT2D eigenvalue weighted by Crippen LogP contribution is 2.28. The second-order valence-electron chi connectivity index (χ2n) is 5.22. The number of carboxylic acid groups (broad SMARTS) is 1. The quantitative estimate of drug-likeness (QED) is 0.754. The van der Waals surface area contributed by atoms with E-state index >= 15 is 0 Å². The molecule has 0 atom stereocenters. The molecule has 0 radical (unpaired) electrons. The zero-order valence-electron chi connectivity index (χ0n) is 12.8. The summed E-state index contributed by atoms with van der Waals surface area (Å²) in [5.74, 6) is -1.58. The van der Waals surface area contributed by atoms with Crippen LogP contribution in [0, 0.1) is 0 Å². The van der Waals surface area contributed by atoms with E-state index in [-0.39, 0.29) is 11.1 Å². The summed E-state index contributed by atoms with van der Waals surface area (Å²) in [6.07, 6.45) is 0. The molecule has 3 aromatic rings. The second-order valence-corrected chi connectivity index (χ2v) is 5.22. The van der Waals surface area contributed by atoms with Crippen LogP contribution in [0.4, 0.5) is 5.69 Å². The van der Waals surface area contributed by atoms with Crippen molar-refractivity contribution in [2.24, 2.45) is 0 Å². The average Bonchev–Trinajstić information content (AvgIpc) is 2.63. The van der Waals surface area contributed by atoms with E-state index in [1.165, 1.54) is 12.1 Å². The Hall–Kier alpha value is -3.40. The Morgan fingerprint density at radius 3 is 2.00 bits per heavy atom. The first-order valence-electron chi connectivity index (χ1n) is 7.45. The molecule has 1 amide bonds. The van der Waals surface area contributed by atoms with Crippen LogP contribution in [-0.2, 0) is 0 Å². The standard InChI is InChI=1S/C20H15NO3/c22-19(16-11-4-5-12-17(16)20(23)24)21-18-13-7-6-10-15(18)14-8-2-1-3-9-14/h1-13H,(H,21,22)(H,23,24). The maximum absolute atomic E-state index is 12.5. The van der Waals surface area contributed by atoms with Crippen molar-refractivity contribution >= 4 is 17.6 Å². The summed E-state index contributed by atoms with van der Waals surface area (Å²) in [5, 5.41) is 12.1. The van der Waals surface area contributed by atoms with Gasteiger partial charge in [0.05, 0.1) is 11.1 Å². The van der Waals surface area contributed by atoms with E-state index in [0.717, 1.165) is 11.1 Å². The zero-order valence-corrected chi connectivity index (χ0v) is 12.8. The third-order valence-corrected chi connectivity index (χ3v) is 3.66. The number of amides is 1. The first-order chi connectivity index (χ1) is 11.7. The molecule has 3 aromatic carbocycles. The number of carbonyl (C=O) groups excluding carboxylic acids is 1. The Bertz CT molecular complexity index is 888. The summed E-state index contributed by atoms with van der Waals surface area (Å²) < 4.78 is 0. The molecule has 0 unspecified atom stereocenters. The van der Waals surface area contributed by atoms with E-state index in [4.69, 9.17) is 0 Å². The van der Waals surface area contributed by atoms with E-state index in [9.17, 15) is 14.7 Å². The molecule has 0 saturated heterocycles. The highest BCUT2D eigenvalue weighted by Gasteiger charge is 2.17. The van der Waals surface area contributed by atoms with Crippen LogP contribution in [0.15, 0.2) is 78.9 Å². The first kappa shape index (κ1) is 15.5. The van der Waals surface area contributed by atoms with Crippen molar-refractivity contribution in [3.8, 4) is 11.1 Å². The molecule has 0 heterocycles. The zero-order chi connectivity index (χ0) is 16.9. The lowest BCUT2D eigenvalue weighted by Crippen LogP contribution is -2.16. The summed E-state index contributed by atoms with van der Waals surface area (Å²) in [6.45, 7) is 0. The molecule has 4 heteroatoms. The largest absolute Gasteiger partial charge is 0.478 e. The summed E-state index contributed by atoms with van der Waals surface area (Å²) in [6, 6.07) is 23.3. The first-order valence-corrected chi connectivity index (χ1v) is 7.45. The van der Waals surface area contributed by atoms with Gasteiger partial charge in [-0.2, -0.15) is 0 Å². The number of aromatic carboxylic acids is 1. The summed E-state index contributed by atoms with van der Waals surface area (Å²) >= 11 is 0. The molecule has 0 aliphatic carbocycles. The van der Waals surface area contributed by atoms with Crippen molar-refractivity contribution < 1.29 is 14.7 Å². The number of carboxylic acids is 1. The molecule has 4 nitrogen and oxygen atoms in total. The molecule has 0 aromatic heterocycles. The molecule has 0 spiro atoms. The minimum atomic E-state index is -1.13. The van der Waals surface area contributed by atoms with Crippen LogP contribution in [0.1, 0.15) is 20.7 Å². The fourth-order valence-corrected chi connectivity index (χ4v) is 2.52. The van der Waals surface area contributed by atoms with Crippen molar-refractivity contribution in [2.45, 2.75) is 0 Å². The number of nitrogens with one attached hydrogen (secondary N) is 1. The molecule has 118 valence electrons. The highest BCUT2D eigenvalue weighted by atomic mass is 16.4. The minimum Gasteiger partial charge on any atom is -0.478 e. The fraction of sp³-hybridized carbons (Fsp3) is 0. The Labute approximate surface area is 139 Å². The van der Waals surface area contributed by atoms with Gasteiger partial charge in [0.2, 0.25) is 0 Å². The number of benzene rings is 3. The van der Waals surface area contributed by atoms with E-state index < -0.39 is 11.9 Å². The number of rotatable bonds is 4. The molecule has 0 aliphatic heterocycles. The minimum absolute atomic E-state index is 0.0211. The van der Waals surface area contributed by atoms with Crippen molar-refractivity contribution in [3.63, 3.8) is 0 Å². The maximum atomic E-state index is 12.5. The molecule has 24 heavy (non-hydrogen) atoms. The Kier molecular flexibility index (Phi) is 4.38. The molecular weight excluding hydrogens is 302 g/mol. The third kappa shape index (κ3) is 3.17. The number of carbonyl (C=O) groups is 2. The predicted octanol–water partition coefficient (Wildman–Crippen LogP) is 4.30. The van der Waals surface area contributed by atoms with Gasteiger partial charge >= 0.3 is 5.97 Å². The van der Waals surface area contributed by atoms with Crippen molar-refractivity contribution in [1.29, 1.82) is 0 Å². The lowest BCUT2D eigenvalue weighted by atomic mass is 10.0. The summed E-state index contributed by atoms with van der Waals surface area (Å²) in [7, 11) is 0. The molecule has 0 bridgehead atoms. The van der Waals surface area contributed by atoms with Crippen molar-refractivity contribution in [3.05, 3.63) is 90.0 Å². The number of hydrogen-bond donors (Lipinski definition) is 2.